The first kappa shape index (κ1) is 17.3. The van der Waals surface area contributed by atoms with Gasteiger partial charge in [-0.25, -0.2) is 0 Å². The number of carbonyl (C=O) groups is 1. The Morgan fingerprint density at radius 1 is 1.33 bits per heavy atom. The van der Waals surface area contributed by atoms with Crippen molar-refractivity contribution in [3.8, 4) is 5.75 Å². The summed E-state index contributed by atoms with van der Waals surface area (Å²) in [5, 5.41) is 5.71. The van der Waals surface area contributed by atoms with Crippen molar-refractivity contribution in [2.24, 2.45) is 0 Å². The number of thiophene rings is 1. The number of carbonyl (C=O) groups excluding carboxylic acids is 1. The highest BCUT2D eigenvalue weighted by molar-refractivity contribution is 7.10. The predicted octanol–water partition coefficient (Wildman–Crippen LogP) is 3.73. The maximum atomic E-state index is 12.1. The third kappa shape index (κ3) is 4.72. The largest absolute Gasteiger partial charge is 0.492 e. The normalized spacial score (nSPS) is 17.8. The van der Waals surface area contributed by atoms with Gasteiger partial charge in [-0.2, -0.15) is 0 Å². The molecule has 0 spiro atoms. The SMILES string of the molecule is O=C(CN1CCC[C@H]1c1cccs1)NCCOc1ccc(Cl)cc1. The van der Waals surface area contributed by atoms with Crippen molar-refractivity contribution >= 4 is 28.8 Å². The quantitative estimate of drug-likeness (QED) is 0.761. The average Bonchev–Trinajstić information content (AvgIpc) is 3.24. The second-order valence-electron chi connectivity index (χ2n) is 5.80. The van der Waals surface area contributed by atoms with E-state index in [1.165, 1.54) is 4.88 Å². The van der Waals surface area contributed by atoms with E-state index in [0.29, 0.717) is 30.8 Å². The van der Waals surface area contributed by atoms with Crippen molar-refractivity contribution in [2.75, 3.05) is 26.2 Å². The molecule has 1 atom stereocenters. The number of nitrogens with zero attached hydrogens (tertiary/aromatic N) is 1. The molecule has 2 aromatic rings. The molecule has 1 amide bonds. The molecule has 0 aliphatic carbocycles. The van der Waals surface area contributed by atoms with Crippen molar-refractivity contribution in [1.82, 2.24) is 10.2 Å². The Morgan fingerprint density at radius 2 is 2.17 bits per heavy atom. The lowest BCUT2D eigenvalue weighted by atomic mass is 10.2. The fourth-order valence-corrected chi connectivity index (χ4v) is 3.97. The van der Waals surface area contributed by atoms with Gasteiger partial charge in [0.25, 0.3) is 0 Å². The number of hydrogen-bond donors (Lipinski definition) is 1. The van der Waals surface area contributed by atoms with Gasteiger partial charge in [-0.15, -0.1) is 11.3 Å². The lowest BCUT2D eigenvalue weighted by Gasteiger charge is -2.22. The topological polar surface area (TPSA) is 41.6 Å². The van der Waals surface area contributed by atoms with Crippen LogP contribution in [0.15, 0.2) is 41.8 Å². The molecule has 1 aromatic carbocycles. The Kier molecular flexibility index (Phi) is 6.12. The first-order valence-electron chi connectivity index (χ1n) is 8.15. The number of halogens is 1. The van der Waals surface area contributed by atoms with Gasteiger partial charge in [-0.05, 0) is 55.1 Å². The molecule has 3 rings (SSSR count). The Balaban J connectivity index is 1.38. The molecular formula is C18H21ClN2O2S. The molecule has 128 valence electrons. The summed E-state index contributed by atoms with van der Waals surface area (Å²) < 4.78 is 5.58. The highest BCUT2D eigenvalue weighted by Gasteiger charge is 2.27. The van der Waals surface area contributed by atoms with E-state index in [9.17, 15) is 4.79 Å². The standard InChI is InChI=1S/C18H21ClN2O2S/c19-14-5-7-15(8-6-14)23-11-9-20-18(22)13-21-10-1-3-16(21)17-4-2-12-24-17/h2,4-8,12,16H,1,3,9-11,13H2,(H,20,22)/t16-/m0/s1. The fourth-order valence-electron chi connectivity index (χ4n) is 2.95. The van der Waals surface area contributed by atoms with Crippen molar-refractivity contribution in [3.05, 3.63) is 51.7 Å². The molecule has 24 heavy (non-hydrogen) atoms. The maximum absolute atomic E-state index is 12.1. The number of nitrogens with one attached hydrogen (secondary N) is 1. The van der Waals surface area contributed by atoms with E-state index in [0.717, 1.165) is 25.1 Å². The summed E-state index contributed by atoms with van der Waals surface area (Å²) in [5.41, 5.74) is 0. The van der Waals surface area contributed by atoms with Gasteiger partial charge in [0.1, 0.15) is 12.4 Å². The zero-order valence-electron chi connectivity index (χ0n) is 13.4. The average molecular weight is 365 g/mol. The molecule has 1 aromatic heterocycles. The monoisotopic (exact) mass is 364 g/mol. The minimum absolute atomic E-state index is 0.0539. The van der Waals surface area contributed by atoms with Crippen LogP contribution in [0.2, 0.25) is 5.02 Å². The Morgan fingerprint density at radius 3 is 2.92 bits per heavy atom. The van der Waals surface area contributed by atoms with Crippen LogP contribution < -0.4 is 10.1 Å². The number of amides is 1. The van der Waals surface area contributed by atoms with Gasteiger partial charge in [0.05, 0.1) is 13.1 Å². The first-order valence-corrected chi connectivity index (χ1v) is 9.40. The van der Waals surface area contributed by atoms with Gasteiger partial charge in [0, 0.05) is 15.9 Å². The summed E-state index contributed by atoms with van der Waals surface area (Å²) in [4.78, 5) is 15.8. The van der Waals surface area contributed by atoms with Crippen LogP contribution >= 0.6 is 22.9 Å². The third-order valence-corrected chi connectivity index (χ3v) is 5.31. The lowest BCUT2D eigenvalue weighted by Crippen LogP contribution is -2.38. The van der Waals surface area contributed by atoms with Gasteiger partial charge in [0.2, 0.25) is 5.91 Å². The van der Waals surface area contributed by atoms with Crippen LogP contribution in [0, 0.1) is 0 Å². The molecule has 1 fully saturated rings. The van der Waals surface area contributed by atoms with Crippen LogP contribution in [-0.4, -0.2) is 37.0 Å². The number of hydrogen-bond acceptors (Lipinski definition) is 4. The number of benzene rings is 1. The van der Waals surface area contributed by atoms with E-state index in [-0.39, 0.29) is 5.91 Å². The first-order chi connectivity index (χ1) is 11.7. The molecule has 1 N–H and O–H groups in total. The van der Waals surface area contributed by atoms with Crippen LogP contribution in [-0.2, 0) is 4.79 Å². The van der Waals surface area contributed by atoms with E-state index in [1.54, 1.807) is 23.5 Å². The van der Waals surface area contributed by atoms with E-state index >= 15 is 0 Å². The summed E-state index contributed by atoms with van der Waals surface area (Å²) in [6.45, 7) is 2.38. The molecule has 1 aliphatic rings. The van der Waals surface area contributed by atoms with E-state index in [4.69, 9.17) is 16.3 Å². The summed E-state index contributed by atoms with van der Waals surface area (Å²) in [6, 6.07) is 11.8. The van der Waals surface area contributed by atoms with Crippen molar-refractivity contribution in [3.63, 3.8) is 0 Å². The van der Waals surface area contributed by atoms with E-state index in [2.05, 4.69) is 27.7 Å². The zero-order valence-corrected chi connectivity index (χ0v) is 15.0. The predicted molar refractivity (Wildman–Crippen MR) is 97.8 cm³/mol. The van der Waals surface area contributed by atoms with Gasteiger partial charge < -0.3 is 10.1 Å². The molecule has 4 nitrogen and oxygen atoms in total. The highest BCUT2D eigenvalue weighted by Crippen LogP contribution is 2.33. The minimum atomic E-state index is 0.0539. The highest BCUT2D eigenvalue weighted by atomic mass is 35.5. The van der Waals surface area contributed by atoms with E-state index < -0.39 is 0 Å². The van der Waals surface area contributed by atoms with Crippen LogP contribution in [0.25, 0.3) is 0 Å². The molecule has 0 unspecified atom stereocenters. The summed E-state index contributed by atoms with van der Waals surface area (Å²) in [7, 11) is 0. The Hall–Kier alpha value is -1.56. The molecule has 6 heteroatoms. The van der Waals surface area contributed by atoms with Gasteiger partial charge in [0.15, 0.2) is 0 Å². The molecule has 1 saturated heterocycles. The molecule has 0 bridgehead atoms. The second kappa shape index (κ2) is 8.51. The second-order valence-corrected chi connectivity index (χ2v) is 7.21. The number of rotatable bonds is 7. The Bertz CT molecular complexity index is 646. The van der Waals surface area contributed by atoms with Crippen molar-refractivity contribution in [1.29, 1.82) is 0 Å². The van der Waals surface area contributed by atoms with Gasteiger partial charge in [-0.3, -0.25) is 9.69 Å². The zero-order chi connectivity index (χ0) is 16.8. The number of ether oxygens (including phenoxy) is 1. The summed E-state index contributed by atoms with van der Waals surface area (Å²) in [6.07, 6.45) is 2.28. The number of likely N-dealkylation sites (tertiary alicyclic amines) is 1. The van der Waals surface area contributed by atoms with Gasteiger partial charge >= 0.3 is 0 Å². The molecule has 1 aliphatic heterocycles. The smallest absolute Gasteiger partial charge is 0.234 e. The van der Waals surface area contributed by atoms with Crippen molar-refractivity contribution in [2.45, 2.75) is 18.9 Å². The molecular weight excluding hydrogens is 344 g/mol. The van der Waals surface area contributed by atoms with Gasteiger partial charge in [-0.1, -0.05) is 17.7 Å². The van der Waals surface area contributed by atoms with E-state index in [1.807, 2.05) is 12.1 Å². The van der Waals surface area contributed by atoms with Crippen LogP contribution in [0.1, 0.15) is 23.8 Å². The molecule has 0 radical (unpaired) electrons. The van der Waals surface area contributed by atoms with Crippen molar-refractivity contribution < 1.29 is 9.53 Å². The lowest BCUT2D eigenvalue weighted by molar-refractivity contribution is -0.122. The maximum Gasteiger partial charge on any atom is 0.234 e. The Labute approximate surface area is 151 Å². The minimum Gasteiger partial charge on any atom is -0.492 e. The van der Waals surface area contributed by atoms with Crippen LogP contribution in [0.3, 0.4) is 0 Å². The fraction of sp³-hybridized carbons (Fsp3) is 0.389. The van der Waals surface area contributed by atoms with Crippen LogP contribution in [0.4, 0.5) is 0 Å². The molecule has 0 saturated carbocycles. The molecule has 2 heterocycles. The van der Waals surface area contributed by atoms with Crippen LogP contribution in [0.5, 0.6) is 5.75 Å². The third-order valence-electron chi connectivity index (χ3n) is 4.09. The summed E-state index contributed by atoms with van der Waals surface area (Å²) >= 11 is 7.60. The summed E-state index contributed by atoms with van der Waals surface area (Å²) in [5.74, 6) is 0.809.